The average Bonchev–Trinajstić information content (AvgIpc) is 2.33. The summed E-state index contributed by atoms with van der Waals surface area (Å²) in [6.07, 6.45) is 3.73. The highest BCUT2D eigenvalue weighted by Crippen LogP contribution is 2.12. The quantitative estimate of drug-likeness (QED) is 0.677. The molecule has 0 spiro atoms. The second kappa shape index (κ2) is 2.44. The Morgan fingerprint density at radius 1 is 1.55 bits per heavy atom. The van der Waals surface area contributed by atoms with E-state index in [-0.39, 0.29) is 0 Å². The number of rotatable bonds is 0. The van der Waals surface area contributed by atoms with Crippen molar-refractivity contribution in [2.24, 2.45) is 0 Å². The van der Waals surface area contributed by atoms with Crippen molar-refractivity contribution in [2.75, 3.05) is 0 Å². The van der Waals surface area contributed by atoms with Crippen molar-refractivity contribution in [1.82, 2.24) is 12.7 Å². The van der Waals surface area contributed by atoms with Crippen molar-refractivity contribution in [2.45, 2.75) is 6.92 Å². The van der Waals surface area contributed by atoms with E-state index in [1.165, 1.54) is 0 Å². The summed E-state index contributed by atoms with van der Waals surface area (Å²) in [4.78, 5) is 8.54. The van der Waals surface area contributed by atoms with Crippen molar-refractivity contribution in [3.05, 3.63) is 24.2 Å². The van der Waals surface area contributed by atoms with Gasteiger partial charge in [0.15, 0.2) is 5.65 Å². The van der Waals surface area contributed by atoms with E-state index in [1.807, 2.05) is 22.0 Å². The molecule has 11 heavy (non-hydrogen) atoms. The van der Waals surface area contributed by atoms with Crippen LogP contribution in [0.1, 0.15) is 5.69 Å². The van der Waals surface area contributed by atoms with Gasteiger partial charge in [-0.2, -0.15) is 0 Å². The van der Waals surface area contributed by atoms with Gasteiger partial charge < -0.3 is 0 Å². The molecule has 0 aliphatic carbocycles. The maximum absolute atomic E-state index is 4.33. The minimum atomic E-state index is 0.936. The standard InChI is InChI=1S/C7H6IN3/c1-5-4-9-6-2-3-11(8)7(6)10-5/h2-4H,1H3. The Morgan fingerprint density at radius 2 is 2.36 bits per heavy atom. The molecule has 0 saturated carbocycles. The summed E-state index contributed by atoms with van der Waals surface area (Å²) in [5, 5.41) is 0. The summed E-state index contributed by atoms with van der Waals surface area (Å²) in [6, 6.07) is 1.95. The monoisotopic (exact) mass is 259 g/mol. The zero-order valence-electron chi connectivity index (χ0n) is 5.95. The molecule has 0 aromatic carbocycles. The highest BCUT2D eigenvalue weighted by molar-refractivity contribution is 14.1. The lowest BCUT2D eigenvalue weighted by molar-refractivity contribution is 1.16. The van der Waals surface area contributed by atoms with E-state index in [0.29, 0.717) is 0 Å². The third-order valence-electron chi connectivity index (χ3n) is 1.47. The number of hydrogen-bond acceptors (Lipinski definition) is 2. The molecule has 3 nitrogen and oxygen atoms in total. The minimum absolute atomic E-state index is 0.936. The van der Waals surface area contributed by atoms with E-state index in [0.717, 1.165) is 16.9 Å². The van der Waals surface area contributed by atoms with Crippen molar-refractivity contribution in [3.63, 3.8) is 0 Å². The predicted molar refractivity (Wildman–Crippen MR) is 51.7 cm³/mol. The van der Waals surface area contributed by atoms with Gasteiger partial charge in [-0.15, -0.1) is 0 Å². The number of nitrogens with zero attached hydrogens (tertiary/aromatic N) is 3. The van der Waals surface area contributed by atoms with Crippen LogP contribution in [0.5, 0.6) is 0 Å². The molecule has 0 amide bonds. The summed E-state index contributed by atoms with van der Waals surface area (Å²) in [6.45, 7) is 1.94. The summed E-state index contributed by atoms with van der Waals surface area (Å²) < 4.78 is 1.94. The van der Waals surface area contributed by atoms with Crippen LogP contribution in [0.15, 0.2) is 18.5 Å². The Hall–Kier alpha value is -0.650. The summed E-state index contributed by atoms with van der Waals surface area (Å²) in [7, 11) is 0. The van der Waals surface area contributed by atoms with Gasteiger partial charge in [-0.1, -0.05) is 0 Å². The van der Waals surface area contributed by atoms with Crippen molar-refractivity contribution >= 4 is 34.0 Å². The lowest BCUT2D eigenvalue weighted by atomic mass is 10.5. The van der Waals surface area contributed by atoms with Gasteiger partial charge in [0.2, 0.25) is 0 Å². The van der Waals surface area contributed by atoms with Crippen LogP contribution in [0.25, 0.3) is 11.2 Å². The van der Waals surface area contributed by atoms with Crippen LogP contribution >= 0.6 is 22.9 Å². The van der Waals surface area contributed by atoms with E-state index < -0.39 is 0 Å². The molecule has 2 aromatic rings. The Bertz CT molecular complexity index is 393. The van der Waals surface area contributed by atoms with Gasteiger partial charge >= 0.3 is 0 Å². The van der Waals surface area contributed by atoms with E-state index >= 15 is 0 Å². The van der Waals surface area contributed by atoms with Gasteiger partial charge in [0.25, 0.3) is 0 Å². The largest absolute Gasteiger partial charge is 0.272 e. The fourth-order valence-electron chi connectivity index (χ4n) is 0.955. The van der Waals surface area contributed by atoms with E-state index in [1.54, 1.807) is 6.20 Å². The normalized spacial score (nSPS) is 10.7. The molecule has 56 valence electrons. The number of halogens is 1. The lowest BCUT2D eigenvalue weighted by Gasteiger charge is -1.93. The van der Waals surface area contributed by atoms with Crippen LogP contribution in [0.4, 0.5) is 0 Å². The molecule has 0 aliphatic heterocycles. The summed E-state index contributed by atoms with van der Waals surface area (Å²) in [5.41, 5.74) is 2.84. The molecule has 0 N–H and O–H groups in total. The highest BCUT2D eigenvalue weighted by Gasteiger charge is 1.99. The van der Waals surface area contributed by atoms with Crippen LogP contribution in [0.2, 0.25) is 0 Å². The van der Waals surface area contributed by atoms with E-state index in [2.05, 4.69) is 32.8 Å². The number of aryl methyl sites for hydroxylation is 1. The first-order valence-corrected chi connectivity index (χ1v) is 4.21. The average molecular weight is 259 g/mol. The number of hydrogen-bond donors (Lipinski definition) is 0. The van der Waals surface area contributed by atoms with Gasteiger partial charge in [-0.25, -0.2) is 4.98 Å². The van der Waals surface area contributed by atoms with Crippen LogP contribution in [0, 0.1) is 6.92 Å². The third-order valence-corrected chi connectivity index (χ3v) is 2.25. The van der Waals surface area contributed by atoms with E-state index in [9.17, 15) is 0 Å². The minimum Gasteiger partial charge on any atom is -0.272 e. The molecular formula is C7H6IN3. The van der Waals surface area contributed by atoms with Crippen molar-refractivity contribution < 1.29 is 0 Å². The molecule has 2 aromatic heterocycles. The fraction of sp³-hybridized carbons (Fsp3) is 0.143. The molecule has 0 unspecified atom stereocenters. The Kier molecular flexibility index (Phi) is 1.56. The second-order valence-electron chi connectivity index (χ2n) is 2.35. The molecule has 0 fully saturated rings. The first kappa shape index (κ1) is 7.02. The molecular weight excluding hydrogens is 253 g/mol. The molecule has 4 heteroatoms. The van der Waals surface area contributed by atoms with Gasteiger partial charge in [0, 0.05) is 12.4 Å². The Morgan fingerprint density at radius 3 is 3.18 bits per heavy atom. The Labute approximate surface area is 78.0 Å². The van der Waals surface area contributed by atoms with Gasteiger partial charge in [0.05, 0.1) is 28.6 Å². The molecule has 0 saturated heterocycles. The third kappa shape index (κ3) is 1.11. The van der Waals surface area contributed by atoms with Gasteiger partial charge in [0.1, 0.15) is 5.52 Å². The smallest absolute Gasteiger partial charge is 0.167 e. The molecule has 0 atom stereocenters. The Balaban J connectivity index is 2.87. The molecule has 2 heterocycles. The summed E-state index contributed by atoms with van der Waals surface area (Å²) in [5.74, 6) is 0. The maximum Gasteiger partial charge on any atom is 0.167 e. The highest BCUT2D eigenvalue weighted by atomic mass is 127. The molecule has 0 radical (unpaired) electrons. The molecule has 2 rings (SSSR count). The second-order valence-corrected chi connectivity index (χ2v) is 3.39. The fourth-order valence-corrected chi connectivity index (χ4v) is 1.47. The molecule has 0 aliphatic rings. The lowest BCUT2D eigenvalue weighted by Crippen LogP contribution is -1.86. The van der Waals surface area contributed by atoms with Crippen LogP contribution in [-0.4, -0.2) is 12.7 Å². The SMILES string of the molecule is Cc1cnc2ccn(I)c2n1. The predicted octanol–water partition coefficient (Wildman–Crippen LogP) is 1.94. The zero-order valence-corrected chi connectivity index (χ0v) is 8.11. The summed E-state index contributed by atoms with van der Waals surface area (Å²) >= 11 is 2.18. The number of fused-ring (bicyclic) bond motifs is 1. The first-order chi connectivity index (χ1) is 5.27. The van der Waals surface area contributed by atoms with Crippen LogP contribution in [0.3, 0.4) is 0 Å². The van der Waals surface area contributed by atoms with Crippen LogP contribution < -0.4 is 0 Å². The first-order valence-electron chi connectivity index (χ1n) is 3.24. The zero-order chi connectivity index (χ0) is 7.84. The van der Waals surface area contributed by atoms with Gasteiger partial charge in [-0.3, -0.25) is 7.76 Å². The number of aromatic nitrogens is 3. The van der Waals surface area contributed by atoms with E-state index in [4.69, 9.17) is 0 Å². The van der Waals surface area contributed by atoms with Crippen LogP contribution in [-0.2, 0) is 0 Å². The maximum atomic E-state index is 4.33. The van der Waals surface area contributed by atoms with Gasteiger partial charge in [-0.05, 0) is 13.0 Å². The van der Waals surface area contributed by atoms with Crippen molar-refractivity contribution in [1.29, 1.82) is 0 Å². The van der Waals surface area contributed by atoms with Crippen molar-refractivity contribution in [3.8, 4) is 0 Å². The topological polar surface area (TPSA) is 30.7 Å². The molecule has 0 bridgehead atoms.